The van der Waals surface area contributed by atoms with Gasteiger partial charge in [0.05, 0.1) is 12.7 Å². The van der Waals surface area contributed by atoms with E-state index < -0.39 is 0 Å². The quantitative estimate of drug-likeness (QED) is 0.553. The van der Waals surface area contributed by atoms with Crippen molar-refractivity contribution in [2.45, 2.75) is 38.6 Å². The van der Waals surface area contributed by atoms with Crippen LogP contribution in [0, 0.1) is 5.92 Å². The molecule has 0 aromatic rings. The van der Waals surface area contributed by atoms with Crippen molar-refractivity contribution in [3.63, 3.8) is 0 Å². The molecular formula is C8H14O2. The van der Waals surface area contributed by atoms with Crippen LogP contribution in [0.3, 0.4) is 0 Å². The van der Waals surface area contributed by atoms with E-state index >= 15 is 0 Å². The third kappa shape index (κ3) is 0.956. The topological polar surface area (TPSA) is 18.5 Å². The van der Waals surface area contributed by atoms with E-state index in [1.54, 1.807) is 0 Å². The lowest BCUT2D eigenvalue weighted by atomic mass is 10.2. The van der Waals surface area contributed by atoms with Crippen LogP contribution >= 0.6 is 0 Å². The number of hydrogen-bond acceptors (Lipinski definition) is 2. The second-order valence-corrected chi connectivity index (χ2v) is 3.53. The van der Waals surface area contributed by atoms with Gasteiger partial charge in [-0.3, -0.25) is 0 Å². The van der Waals surface area contributed by atoms with Gasteiger partial charge in [-0.2, -0.15) is 0 Å². The van der Waals surface area contributed by atoms with E-state index in [1.165, 1.54) is 12.8 Å². The van der Waals surface area contributed by atoms with Crippen LogP contribution in [0.25, 0.3) is 0 Å². The van der Waals surface area contributed by atoms with Crippen molar-refractivity contribution in [1.29, 1.82) is 0 Å². The molecule has 0 amide bonds. The Labute approximate surface area is 61.5 Å². The van der Waals surface area contributed by atoms with Crippen LogP contribution in [0.1, 0.15) is 26.7 Å². The Morgan fingerprint density at radius 3 is 2.50 bits per heavy atom. The van der Waals surface area contributed by atoms with Crippen molar-refractivity contribution in [1.82, 2.24) is 0 Å². The molecule has 1 saturated carbocycles. The van der Waals surface area contributed by atoms with E-state index in [4.69, 9.17) is 9.47 Å². The van der Waals surface area contributed by atoms with E-state index in [0.717, 1.165) is 6.61 Å². The Hall–Kier alpha value is -0.0800. The van der Waals surface area contributed by atoms with Gasteiger partial charge in [0.25, 0.3) is 0 Å². The van der Waals surface area contributed by atoms with Gasteiger partial charge in [0.2, 0.25) is 0 Å². The molecule has 1 aliphatic heterocycles. The standard InChI is InChI=1S/C8H14O2/c1-6-5-9-8(2,10-6)7-3-4-7/h6-7H,3-5H2,1-2H3/t6-,8-/m0/s1. The number of ether oxygens (including phenoxy) is 2. The molecule has 0 unspecified atom stereocenters. The van der Waals surface area contributed by atoms with Crippen molar-refractivity contribution in [2.75, 3.05) is 6.61 Å². The summed E-state index contributed by atoms with van der Waals surface area (Å²) in [6.07, 6.45) is 2.86. The molecule has 2 nitrogen and oxygen atoms in total. The molecule has 58 valence electrons. The molecular weight excluding hydrogens is 128 g/mol. The summed E-state index contributed by atoms with van der Waals surface area (Å²) in [5, 5.41) is 0. The molecule has 0 bridgehead atoms. The van der Waals surface area contributed by atoms with Crippen molar-refractivity contribution < 1.29 is 9.47 Å². The van der Waals surface area contributed by atoms with Crippen molar-refractivity contribution in [2.24, 2.45) is 5.92 Å². The average Bonchev–Trinajstić information content (AvgIpc) is 2.62. The summed E-state index contributed by atoms with van der Waals surface area (Å²) < 4.78 is 11.2. The van der Waals surface area contributed by atoms with Crippen LogP contribution in [0.4, 0.5) is 0 Å². The second-order valence-electron chi connectivity index (χ2n) is 3.53. The zero-order valence-corrected chi connectivity index (χ0v) is 6.59. The van der Waals surface area contributed by atoms with Crippen molar-refractivity contribution in [3.05, 3.63) is 0 Å². The molecule has 0 N–H and O–H groups in total. The van der Waals surface area contributed by atoms with E-state index in [2.05, 4.69) is 13.8 Å². The van der Waals surface area contributed by atoms with E-state index in [9.17, 15) is 0 Å². The SMILES string of the molecule is C[C@H]1CO[C@](C)(C2CC2)O1. The highest BCUT2D eigenvalue weighted by Crippen LogP contribution is 2.45. The van der Waals surface area contributed by atoms with Crippen molar-refractivity contribution >= 4 is 0 Å². The van der Waals surface area contributed by atoms with Crippen LogP contribution in [-0.4, -0.2) is 18.5 Å². The average molecular weight is 142 g/mol. The van der Waals surface area contributed by atoms with Gasteiger partial charge in [-0.05, 0) is 26.7 Å². The number of rotatable bonds is 1. The predicted octanol–water partition coefficient (Wildman–Crippen LogP) is 1.55. The zero-order valence-electron chi connectivity index (χ0n) is 6.59. The maximum absolute atomic E-state index is 5.65. The zero-order chi connectivity index (χ0) is 7.19. The Kier molecular flexibility index (Phi) is 1.29. The Morgan fingerprint density at radius 2 is 2.10 bits per heavy atom. The Morgan fingerprint density at radius 1 is 1.40 bits per heavy atom. The van der Waals surface area contributed by atoms with Gasteiger partial charge in [-0.25, -0.2) is 0 Å². The summed E-state index contributed by atoms with van der Waals surface area (Å²) in [5.41, 5.74) is 0. The molecule has 2 heteroatoms. The van der Waals surface area contributed by atoms with Crippen LogP contribution in [0.2, 0.25) is 0 Å². The lowest BCUT2D eigenvalue weighted by Gasteiger charge is -2.21. The molecule has 0 spiro atoms. The predicted molar refractivity (Wildman–Crippen MR) is 37.6 cm³/mol. The molecule has 2 fully saturated rings. The summed E-state index contributed by atoms with van der Waals surface area (Å²) in [4.78, 5) is 0. The van der Waals surface area contributed by atoms with Gasteiger partial charge in [-0.15, -0.1) is 0 Å². The van der Waals surface area contributed by atoms with Crippen molar-refractivity contribution in [3.8, 4) is 0 Å². The van der Waals surface area contributed by atoms with Crippen LogP contribution < -0.4 is 0 Å². The van der Waals surface area contributed by atoms with E-state index in [-0.39, 0.29) is 5.79 Å². The molecule has 1 saturated heterocycles. The highest BCUT2D eigenvalue weighted by molar-refractivity contribution is 4.89. The van der Waals surface area contributed by atoms with E-state index in [1.807, 2.05) is 0 Å². The second kappa shape index (κ2) is 1.95. The maximum atomic E-state index is 5.65. The lowest BCUT2D eigenvalue weighted by molar-refractivity contribution is -0.167. The minimum Gasteiger partial charge on any atom is -0.347 e. The molecule has 2 rings (SSSR count). The minimum absolute atomic E-state index is 0.223. The first-order valence-corrected chi connectivity index (χ1v) is 4.02. The molecule has 1 aliphatic carbocycles. The first kappa shape index (κ1) is 6.62. The van der Waals surface area contributed by atoms with E-state index in [0.29, 0.717) is 12.0 Å². The number of hydrogen-bond donors (Lipinski definition) is 0. The third-order valence-electron chi connectivity index (χ3n) is 2.36. The van der Waals surface area contributed by atoms with Gasteiger partial charge in [0, 0.05) is 5.92 Å². The molecule has 2 aliphatic rings. The highest BCUT2D eigenvalue weighted by atomic mass is 16.7. The fourth-order valence-corrected chi connectivity index (χ4v) is 1.57. The Bertz CT molecular complexity index is 142. The molecule has 10 heavy (non-hydrogen) atoms. The largest absolute Gasteiger partial charge is 0.347 e. The summed E-state index contributed by atoms with van der Waals surface area (Å²) in [6.45, 7) is 4.90. The van der Waals surface area contributed by atoms with Crippen LogP contribution in [0.15, 0.2) is 0 Å². The summed E-state index contributed by atoms with van der Waals surface area (Å²) >= 11 is 0. The van der Waals surface area contributed by atoms with Crippen LogP contribution in [0.5, 0.6) is 0 Å². The normalized spacial score (nSPS) is 48.0. The summed E-state index contributed by atoms with van der Waals surface area (Å²) in [6, 6.07) is 0. The molecule has 1 heterocycles. The first-order chi connectivity index (χ1) is 4.71. The molecule has 0 aromatic carbocycles. The van der Waals surface area contributed by atoms with Crippen LogP contribution in [-0.2, 0) is 9.47 Å². The fraction of sp³-hybridized carbons (Fsp3) is 1.00. The monoisotopic (exact) mass is 142 g/mol. The minimum atomic E-state index is -0.223. The smallest absolute Gasteiger partial charge is 0.168 e. The molecule has 0 radical (unpaired) electrons. The maximum Gasteiger partial charge on any atom is 0.168 e. The van der Waals surface area contributed by atoms with Gasteiger partial charge >= 0.3 is 0 Å². The van der Waals surface area contributed by atoms with Gasteiger partial charge in [0.15, 0.2) is 5.79 Å². The third-order valence-corrected chi connectivity index (χ3v) is 2.36. The first-order valence-electron chi connectivity index (χ1n) is 4.02. The molecule has 2 atom stereocenters. The molecule has 0 aromatic heterocycles. The fourth-order valence-electron chi connectivity index (χ4n) is 1.57. The van der Waals surface area contributed by atoms with Gasteiger partial charge in [-0.1, -0.05) is 0 Å². The summed E-state index contributed by atoms with van der Waals surface area (Å²) in [7, 11) is 0. The van der Waals surface area contributed by atoms with Gasteiger partial charge < -0.3 is 9.47 Å². The lowest BCUT2D eigenvalue weighted by Crippen LogP contribution is -2.28. The summed E-state index contributed by atoms with van der Waals surface area (Å²) in [5.74, 6) is 0.455. The van der Waals surface area contributed by atoms with Gasteiger partial charge in [0.1, 0.15) is 0 Å². The highest BCUT2D eigenvalue weighted by Gasteiger charge is 2.47. The Balaban J connectivity index is 2.01.